The van der Waals surface area contributed by atoms with Crippen LogP contribution in [0.3, 0.4) is 0 Å². The van der Waals surface area contributed by atoms with Crippen LogP contribution in [0.25, 0.3) is 0 Å². The van der Waals surface area contributed by atoms with E-state index in [9.17, 15) is 20.0 Å². The number of carbonyl (C=O) groups excluding carboxylic acids is 1. The van der Waals surface area contributed by atoms with Gasteiger partial charge in [0.1, 0.15) is 5.75 Å². The van der Waals surface area contributed by atoms with Crippen molar-refractivity contribution in [1.82, 2.24) is 0 Å². The van der Waals surface area contributed by atoms with Crippen LogP contribution in [0.4, 0.5) is 11.4 Å². The lowest BCUT2D eigenvalue weighted by atomic mass is 9.88. The summed E-state index contributed by atoms with van der Waals surface area (Å²) in [7, 11) is 0. The second-order valence-corrected chi connectivity index (χ2v) is 4.75. The largest absolute Gasteiger partial charge is 0.505 e. The normalized spacial score (nSPS) is 16.0. The highest BCUT2D eigenvalue weighted by Crippen LogP contribution is 2.34. The first-order valence-corrected chi connectivity index (χ1v) is 6.37. The summed E-state index contributed by atoms with van der Waals surface area (Å²) in [6.07, 6.45) is 4.73. The molecule has 0 heterocycles. The molecule has 0 radical (unpaired) electrons. The summed E-state index contributed by atoms with van der Waals surface area (Å²) in [5, 5.41) is 23.0. The van der Waals surface area contributed by atoms with Gasteiger partial charge in [-0.25, -0.2) is 0 Å². The van der Waals surface area contributed by atoms with E-state index in [0.717, 1.165) is 32.1 Å². The molecule has 0 unspecified atom stereocenters. The molecule has 1 fully saturated rings. The molecule has 0 bridgehead atoms. The van der Waals surface area contributed by atoms with Crippen LogP contribution in [0.15, 0.2) is 18.2 Å². The monoisotopic (exact) mass is 264 g/mol. The number of phenols is 1. The SMILES string of the molecule is O=C(Nc1c(O)cccc1[N+](=O)[O-])C1CCCCC1. The molecule has 1 aliphatic carbocycles. The number of aromatic hydroxyl groups is 1. The number of carbonyl (C=O) groups is 1. The molecule has 6 nitrogen and oxygen atoms in total. The molecule has 0 aliphatic heterocycles. The summed E-state index contributed by atoms with van der Waals surface area (Å²) in [5.74, 6) is -0.643. The Morgan fingerprint density at radius 3 is 2.63 bits per heavy atom. The Hall–Kier alpha value is -2.11. The molecular weight excluding hydrogens is 248 g/mol. The molecule has 1 aliphatic rings. The fourth-order valence-corrected chi connectivity index (χ4v) is 2.40. The highest BCUT2D eigenvalue weighted by molar-refractivity contribution is 5.96. The molecule has 0 spiro atoms. The lowest BCUT2D eigenvalue weighted by Gasteiger charge is -2.20. The third-order valence-electron chi connectivity index (χ3n) is 3.44. The van der Waals surface area contributed by atoms with Crippen molar-refractivity contribution >= 4 is 17.3 Å². The zero-order valence-electron chi connectivity index (χ0n) is 10.5. The van der Waals surface area contributed by atoms with Crippen molar-refractivity contribution in [2.45, 2.75) is 32.1 Å². The average molecular weight is 264 g/mol. The van der Waals surface area contributed by atoms with Gasteiger partial charge in [0.15, 0.2) is 5.69 Å². The third kappa shape index (κ3) is 3.01. The smallest absolute Gasteiger partial charge is 0.296 e. The van der Waals surface area contributed by atoms with Crippen molar-refractivity contribution in [2.75, 3.05) is 5.32 Å². The van der Waals surface area contributed by atoms with Gasteiger partial charge in [0.05, 0.1) is 4.92 Å². The van der Waals surface area contributed by atoms with E-state index in [4.69, 9.17) is 0 Å². The maximum atomic E-state index is 12.0. The Morgan fingerprint density at radius 2 is 2.00 bits per heavy atom. The van der Waals surface area contributed by atoms with Gasteiger partial charge in [-0.2, -0.15) is 0 Å². The highest BCUT2D eigenvalue weighted by Gasteiger charge is 2.25. The molecule has 6 heteroatoms. The van der Waals surface area contributed by atoms with E-state index in [0.29, 0.717) is 0 Å². The number of anilines is 1. The van der Waals surface area contributed by atoms with E-state index >= 15 is 0 Å². The van der Waals surface area contributed by atoms with Crippen molar-refractivity contribution in [3.63, 3.8) is 0 Å². The predicted molar refractivity (Wildman–Crippen MR) is 70.0 cm³/mol. The maximum absolute atomic E-state index is 12.0. The van der Waals surface area contributed by atoms with Crippen LogP contribution < -0.4 is 5.32 Å². The quantitative estimate of drug-likeness (QED) is 0.498. The molecule has 2 rings (SSSR count). The highest BCUT2D eigenvalue weighted by atomic mass is 16.6. The molecule has 102 valence electrons. The van der Waals surface area contributed by atoms with Gasteiger partial charge < -0.3 is 10.4 Å². The van der Waals surface area contributed by atoms with Crippen LogP contribution in [-0.2, 0) is 4.79 Å². The van der Waals surface area contributed by atoms with E-state index in [2.05, 4.69) is 5.32 Å². The van der Waals surface area contributed by atoms with Gasteiger partial charge in [-0.05, 0) is 18.9 Å². The first-order chi connectivity index (χ1) is 9.09. The number of nitro benzene ring substituents is 1. The fraction of sp³-hybridized carbons (Fsp3) is 0.462. The van der Waals surface area contributed by atoms with Crippen LogP contribution in [0, 0.1) is 16.0 Å². The third-order valence-corrected chi connectivity index (χ3v) is 3.44. The summed E-state index contributed by atoms with van der Waals surface area (Å²) >= 11 is 0. The van der Waals surface area contributed by atoms with E-state index < -0.39 is 4.92 Å². The topological polar surface area (TPSA) is 92.5 Å². The number of nitrogens with one attached hydrogen (secondary N) is 1. The Kier molecular flexibility index (Phi) is 3.99. The minimum Gasteiger partial charge on any atom is -0.505 e. The Balaban J connectivity index is 2.18. The van der Waals surface area contributed by atoms with E-state index in [1.165, 1.54) is 18.2 Å². The number of amides is 1. The number of nitrogens with zero attached hydrogens (tertiary/aromatic N) is 1. The van der Waals surface area contributed by atoms with Crippen LogP contribution in [0.2, 0.25) is 0 Å². The molecule has 1 aromatic rings. The molecule has 0 saturated heterocycles. The van der Waals surface area contributed by atoms with Crippen molar-refractivity contribution in [1.29, 1.82) is 0 Å². The summed E-state index contributed by atoms with van der Waals surface area (Å²) < 4.78 is 0. The lowest BCUT2D eigenvalue weighted by Crippen LogP contribution is -2.25. The first-order valence-electron chi connectivity index (χ1n) is 6.37. The minimum absolute atomic E-state index is 0.108. The fourth-order valence-electron chi connectivity index (χ4n) is 2.40. The molecule has 19 heavy (non-hydrogen) atoms. The summed E-state index contributed by atoms with van der Waals surface area (Å²) in [6, 6.07) is 3.96. The molecule has 2 N–H and O–H groups in total. The first kappa shape index (κ1) is 13.3. The molecular formula is C13H16N2O4. The number of para-hydroxylation sites is 1. The van der Waals surface area contributed by atoms with Gasteiger partial charge in [0.2, 0.25) is 5.91 Å². The molecule has 0 atom stereocenters. The zero-order valence-corrected chi connectivity index (χ0v) is 10.5. The van der Waals surface area contributed by atoms with Gasteiger partial charge in [-0.3, -0.25) is 14.9 Å². The van der Waals surface area contributed by atoms with E-state index in [-0.39, 0.29) is 28.9 Å². The molecule has 0 aromatic heterocycles. The van der Waals surface area contributed by atoms with Crippen LogP contribution in [-0.4, -0.2) is 15.9 Å². The van der Waals surface area contributed by atoms with Crippen LogP contribution in [0.5, 0.6) is 5.75 Å². The van der Waals surface area contributed by atoms with E-state index in [1.807, 2.05) is 0 Å². The molecule has 1 saturated carbocycles. The summed E-state index contributed by atoms with van der Waals surface area (Å²) in [6.45, 7) is 0. The second kappa shape index (κ2) is 5.69. The van der Waals surface area contributed by atoms with Crippen molar-refractivity contribution in [3.8, 4) is 5.75 Å². The summed E-state index contributed by atoms with van der Waals surface area (Å²) in [4.78, 5) is 22.3. The molecule has 1 amide bonds. The van der Waals surface area contributed by atoms with Crippen molar-refractivity contribution in [3.05, 3.63) is 28.3 Å². The number of hydrogen-bond acceptors (Lipinski definition) is 4. The Bertz CT molecular complexity index is 495. The van der Waals surface area contributed by atoms with Gasteiger partial charge in [-0.15, -0.1) is 0 Å². The van der Waals surface area contributed by atoms with Gasteiger partial charge in [-0.1, -0.05) is 25.3 Å². The summed E-state index contributed by atoms with van der Waals surface area (Å²) in [5.41, 5.74) is -0.396. The van der Waals surface area contributed by atoms with Gasteiger partial charge in [0.25, 0.3) is 5.69 Å². The number of benzene rings is 1. The Morgan fingerprint density at radius 1 is 1.32 bits per heavy atom. The number of phenolic OH excluding ortho intramolecular Hbond substituents is 1. The zero-order chi connectivity index (χ0) is 13.8. The van der Waals surface area contributed by atoms with Gasteiger partial charge >= 0.3 is 0 Å². The van der Waals surface area contributed by atoms with Crippen LogP contribution in [0.1, 0.15) is 32.1 Å². The van der Waals surface area contributed by atoms with Crippen molar-refractivity contribution in [2.24, 2.45) is 5.92 Å². The van der Waals surface area contributed by atoms with Crippen molar-refractivity contribution < 1.29 is 14.8 Å². The second-order valence-electron chi connectivity index (χ2n) is 4.75. The Labute approximate surface area is 110 Å². The lowest BCUT2D eigenvalue weighted by molar-refractivity contribution is -0.384. The maximum Gasteiger partial charge on any atom is 0.296 e. The minimum atomic E-state index is -0.615. The number of nitro groups is 1. The molecule has 1 aromatic carbocycles. The van der Waals surface area contributed by atoms with E-state index in [1.54, 1.807) is 0 Å². The predicted octanol–water partition coefficient (Wildman–Crippen LogP) is 2.82. The number of hydrogen-bond donors (Lipinski definition) is 2. The van der Waals surface area contributed by atoms with Gasteiger partial charge in [0, 0.05) is 12.0 Å². The average Bonchev–Trinajstić information content (AvgIpc) is 2.41. The van der Waals surface area contributed by atoms with Crippen LogP contribution >= 0.6 is 0 Å². The standard InChI is InChI=1S/C13H16N2O4/c16-11-8-4-7-10(15(18)19)12(11)14-13(17)9-5-2-1-3-6-9/h4,7-9,16H,1-3,5-6H2,(H,14,17). The number of rotatable bonds is 3.